The average molecular weight is 171 g/mol. The molecule has 12 heavy (non-hydrogen) atoms. The summed E-state index contributed by atoms with van der Waals surface area (Å²) in [6.45, 7) is 15.6. The summed E-state index contributed by atoms with van der Waals surface area (Å²) in [5.74, 6) is 0. The van der Waals surface area contributed by atoms with Crippen LogP contribution in [0.2, 0.25) is 0 Å². The molecule has 0 radical (unpaired) electrons. The van der Waals surface area contributed by atoms with Crippen molar-refractivity contribution >= 4 is 0 Å². The Morgan fingerprint density at radius 1 is 1.08 bits per heavy atom. The highest BCUT2D eigenvalue weighted by molar-refractivity contribution is 4.72. The van der Waals surface area contributed by atoms with Crippen LogP contribution in [0, 0.1) is 0 Å². The second-order valence-electron chi connectivity index (χ2n) is 2.59. The number of rotatable bonds is 6. The van der Waals surface area contributed by atoms with Crippen LogP contribution in [-0.4, -0.2) is 24.5 Å². The third kappa shape index (κ3) is 9.70. The van der Waals surface area contributed by atoms with Crippen LogP contribution < -0.4 is 0 Å². The Bertz CT molecular complexity index is 73.1. The standard InChI is InChI=1S/C9H19N.C2H6/c1-4-7-10(8-5-2)9-6-3;1-2/h4H,1,5-9H2,2-3H3;1-2H3. The summed E-state index contributed by atoms with van der Waals surface area (Å²) < 4.78 is 0. The lowest BCUT2D eigenvalue weighted by molar-refractivity contribution is 0.304. The van der Waals surface area contributed by atoms with Gasteiger partial charge in [-0.15, -0.1) is 6.58 Å². The maximum Gasteiger partial charge on any atom is 0.0160 e. The van der Waals surface area contributed by atoms with Crippen LogP contribution in [0.15, 0.2) is 12.7 Å². The van der Waals surface area contributed by atoms with E-state index in [2.05, 4.69) is 25.3 Å². The topological polar surface area (TPSA) is 3.24 Å². The van der Waals surface area contributed by atoms with E-state index in [9.17, 15) is 0 Å². The van der Waals surface area contributed by atoms with Gasteiger partial charge in [-0.05, 0) is 25.9 Å². The van der Waals surface area contributed by atoms with Crippen molar-refractivity contribution in [2.45, 2.75) is 40.5 Å². The molecule has 0 saturated carbocycles. The van der Waals surface area contributed by atoms with Gasteiger partial charge in [0.15, 0.2) is 0 Å². The molecule has 0 aliphatic carbocycles. The first-order valence-corrected chi connectivity index (χ1v) is 5.18. The van der Waals surface area contributed by atoms with E-state index in [1.807, 2.05) is 19.9 Å². The summed E-state index contributed by atoms with van der Waals surface area (Å²) in [4.78, 5) is 2.42. The predicted octanol–water partition coefficient (Wildman–Crippen LogP) is 3.32. The Kier molecular flexibility index (Phi) is 15.8. The van der Waals surface area contributed by atoms with E-state index >= 15 is 0 Å². The molecule has 0 bridgehead atoms. The molecule has 0 amide bonds. The van der Waals surface area contributed by atoms with Crippen LogP contribution in [0.25, 0.3) is 0 Å². The van der Waals surface area contributed by atoms with Gasteiger partial charge >= 0.3 is 0 Å². The molecule has 0 fully saturated rings. The summed E-state index contributed by atoms with van der Waals surface area (Å²) in [5, 5.41) is 0. The van der Waals surface area contributed by atoms with Gasteiger partial charge in [-0.25, -0.2) is 0 Å². The molecule has 0 aliphatic heterocycles. The van der Waals surface area contributed by atoms with E-state index in [0.29, 0.717) is 0 Å². The van der Waals surface area contributed by atoms with Gasteiger partial charge in [-0.1, -0.05) is 33.8 Å². The van der Waals surface area contributed by atoms with Gasteiger partial charge in [0.05, 0.1) is 0 Å². The van der Waals surface area contributed by atoms with E-state index < -0.39 is 0 Å². The summed E-state index contributed by atoms with van der Waals surface area (Å²) in [6, 6.07) is 0. The van der Waals surface area contributed by atoms with Crippen LogP contribution in [0.4, 0.5) is 0 Å². The van der Waals surface area contributed by atoms with Gasteiger partial charge in [-0.3, -0.25) is 4.90 Å². The first-order valence-electron chi connectivity index (χ1n) is 5.18. The van der Waals surface area contributed by atoms with Crippen LogP contribution in [-0.2, 0) is 0 Å². The van der Waals surface area contributed by atoms with E-state index in [1.54, 1.807) is 0 Å². The minimum absolute atomic E-state index is 1.04. The van der Waals surface area contributed by atoms with Crippen molar-refractivity contribution in [2.75, 3.05) is 19.6 Å². The number of hydrogen-bond acceptors (Lipinski definition) is 1. The second kappa shape index (κ2) is 13.3. The SMILES string of the molecule is C=CCN(CCC)CCC.CC. The van der Waals surface area contributed by atoms with Gasteiger partial charge in [-0.2, -0.15) is 0 Å². The normalized spacial score (nSPS) is 9.08. The Balaban J connectivity index is 0. The Hall–Kier alpha value is -0.300. The smallest absolute Gasteiger partial charge is 0.0160 e. The van der Waals surface area contributed by atoms with Crippen molar-refractivity contribution in [1.82, 2.24) is 4.90 Å². The molecule has 0 rings (SSSR count). The Morgan fingerprint density at radius 2 is 1.50 bits per heavy atom. The maximum absolute atomic E-state index is 3.72. The highest BCUT2D eigenvalue weighted by Gasteiger charge is 1.97. The fraction of sp³-hybridized carbons (Fsp3) is 0.818. The van der Waals surface area contributed by atoms with Gasteiger partial charge in [0.2, 0.25) is 0 Å². The summed E-state index contributed by atoms with van der Waals surface area (Å²) in [7, 11) is 0. The van der Waals surface area contributed by atoms with Crippen molar-refractivity contribution in [2.24, 2.45) is 0 Å². The molecule has 1 heteroatoms. The molecule has 0 aromatic heterocycles. The molecule has 0 heterocycles. The molecule has 0 aromatic carbocycles. The summed E-state index contributed by atoms with van der Waals surface area (Å²) in [6.07, 6.45) is 4.47. The number of hydrogen-bond donors (Lipinski definition) is 0. The molecule has 0 saturated heterocycles. The third-order valence-corrected chi connectivity index (χ3v) is 1.47. The van der Waals surface area contributed by atoms with E-state index in [4.69, 9.17) is 0 Å². The zero-order valence-electron chi connectivity index (χ0n) is 9.27. The quantitative estimate of drug-likeness (QED) is 0.554. The molecule has 0 spiro atoms. The third-order valence-electron chi connectivity index (χ3n) is 1.47. The van der Waals surface area contributed by atoms with Crippen molar-refractivity contribution in [3.8, 4) is 0 Å². The Labute approximate surface area is 78.5 Å². The van der Waals surface area contributed by atoms with Crippen LogP contribution in [0.3, 0.4) is 0 Å². The fourth-order valence-corrected chi connectivity index (χ4v) is 1.11. The first kappa shape index (κ1) is 14.2. The molecular weight excluding hydrogens is 146 g/mol. The lowest BCUT2D eigenvalue weighted by Crippen LogP contribution is -2.25. The van der Waals surface area contributed by atoms with Crippen molar-refractivity contribution in [1.29, 1.82) is 0 Å². The maximum atomic E-state index is 3.72. The van der Waals surface area contributed by atoms with Gasteiger partial charge in [0, 0.05) is 6.54 Å². The summed E-state index contributed by atoms with van der Waals surface area (Å²) in [5.41, 5.74) is 0. The molecule has 0 aromatic rings. The molecule has 74 valence electrons. The predicted molar refractivity (Wildman–Crippen MR) is 58.6 cm³/mol. The lowest BCUT2D eigenvalue weighted by Gasteiger charge is -2.18. The lowest BCUT2D eigenvalue weighted by atomic mass is 10.3. The first-order chi connectivity index (χ1) is 5.85. The largest absolute Gasteiger partial charge is 0.300 e. The molecule has 0 atom stereocenters. The monoisotopic (exact) mass is 171 g/mol. The fourth-order valence-electron chi connectivity index (χ4n) is 1.11. The van der Waals surface area contributed by atoms with Crippen molar-refractivity contribution in [3.63, 3.8) is 0 Å². The molecule has 1 nitrogen and oxygen atoms in total. The van der Waals surface area contributed by atoms with Crippen LogP contribution >= 0.6 is 0 Å². The van der Waals surface area contributed by atoms with Gasteiger partial charge in [0.25, 0.3) is 0 Å². The number of nitrogens with zero attached hydrogens (tertiary/aromatic N) is 1. The minimum Gasteiger partial charge on any atom is -0.300 e. The summed E-state index contributed by atoms with van der Waals surface area (Å²) >= 11 is 0. The van der Waals surface area contributed by atoms with E-state index in [1.165, 1.54) is 25.9 Å². The molecule has 0 aliphatic rings. The molecular formula is C11H25N. The molecule has 0 N–H and O–H groups in total. The second-order valence-corrected chi connectivity index (χ2v) is 2.59. The van der Waals surface area contributed by atoms with Crippen molar-refractivity contribution in [3.05, 3.63) is 12.7 Å². The van der Waals surface area contributed by atoms with Crippen LogP contribution in [0.1, 0.15) is 40.5 Å². The zero-order valence-corrected chi connectivity index (χ0v) is 9.27. The average Bonchev–Trinajstić information content (AvgIpc) is 2.10. The van der Waals surface area contributed by atoms with E-state index in [0.717, 1.165) is 6.54 Å². The van der Waals surface area contributed by atoms with E-state index in [-0.39, 0.29) is 0 Å². The highest BCUT2D eigenvalue weighted by atomic mass is 15.1. The Morgan fingerprint density at radius 3 is 1.75 bits per heavy atom. The highest BCUT2D eigenvalue weighted by Crippen LogP contribution is 1.92. The van der Waals surface area contributed by atoms with Gasteiger partial charge in [0.1, 0.15) is 0 Å². The van der Waals surface area contributed by atoms with Gasteiger partial charge < -0.3 is 0 Å². The van der Waals surface area contributed by atoms with Crippen LogP contribution in [0.5, 0.6) is 0 Å². The van der Waals surface area contributed by atoms with Crippen molar-refractivity contribution < 1.29 is 0 Å². The minimum atomic E-state index is 1.04. The zero-order chi connectivity index (χ0) is 9.82. The molecule has 0 unspecified atom stereocenters.